The van der Waals surface area contributed by atoms with Crippen molar-refractivity contribution in [2.24, 2.45) is 0 Å². The number of pyridine rings is 1. The summed E-state index contributed by atoms with van der Waals surface area (Å²) in [5.74, 6) is -0.428. The van der Waals surface area contributed by atoms with Crippen molar-refractivity contribution in [1.82, 2.24) is 14.8 Å². The number of rotatable bonds is 4. The molecular weight excluding hydrogens is 330 g/mol. The third-order valence-corrected chi connectivity index (χ3v) is 3.99. The van der Waals surface area contributed by atoms with E-state index in [0.29, 0.717) is 16.9 Å². The molecule has 0 atom stereocenters. The zero-order valence-electron chi connectivity index (χ0n) is 15.2. The molecule has 0 unspecified atom stereocenters. The maximum absolute atomic E-state index is 12.6. The lowest BCUT2D eigenvalue weighted by atomic mass is 10.1. The van der Waals surface area contributed by atoms with Gasteiger partial charge in [0.1, 0.15) is 0 Å². The van der Waals surface area contributed by atoms with E-state index in [1.807, 2.05) is 31.5 Å². The summed E-state index contributed by atoms with van der Waals surface area (Å²) in [6.45, 7) is 7.39. The monoisotopic (exact) mass is 351 g/mol. The maximum Gasteiger partial charge on any atom is 0.257 e. The van der Waals surface area contributed by atoms with E-state index < -0.39 is 0 Å². The Balaban J connectivity index is 1.86. The van der Waals surface area contributed by atoms with Crippen LogP contribution >= 0.6 is 0 Å². The fraction of sp³-hybridized carbons (Fsp3) is 0.263. The minimum Gasteiger partial charge on any atom is -0.326 e. The molecule has 26 heavy (non-hydrogen) atoms. The molecule has 134 valence electrons. The van der Waals surface area contributed by atoms with Crippen LogP contribution in [0.1, 0.15) is 42.7 Å². The summed E-state index contributed by atoms with van der Waals surface area (Å²) in [4.78, 5) is 28.2. The molecule has 7 heteroatoms. The van der Waals surface area contributed by atoms with Crippen LogP contribution in [0.25, 0.3) is 11.0 Å². The molecule has 3 rings (SSSR count). The normalized spacial score (nSPS) is 11.0. The van der Waals surface area contributed by atoms with E-state index in [2.05, 4.69) is 20.7 Å². The van der Waals surface area contributed by atoms with Gasteiger partial charge in [-0.3, -0.25) is 9.59 Å². The predicted molar refractivity (Wildman–Crippen MR) is 101 cm³/mol. The first kappa shape index (κ1) is 17.6. The van der Waals surface area contributed by atoms with Crippen LogP contribution in [0.5, 0.6) is 0 Å². The largest absolute Gasteiger partial charge is 0.326 e. The lowest BCUT2D eigenvalue weighted by Crippen LogP contribution is -2.14. The number of aromatic nitrogens is 3. The van der Waals surface area contributed by atoms with Gasteiger partial charge < -0.3 is 10.6 Å². The van der Waals surface area contributed by atoms with Crippen molar-refractivity contribution in [1.29, 1.82) is 0 Å². The van der Waals surface area contributed by atoms with Crippen LogP contribution in [0.15, 0.2) is 36.7 Å². The third kappa shape index (κ3) is 3.56. The van der Waals surface area contributed by atoms with Crippen LogP contribution in [0.2, 0.25) is 0 Å². The lowest BCUT2D eigenvalue weighted by molar-refractivity contribution is -0.114. The van der Waals surface area contributed by atoms with E-state index in [9.17, 15) is 9.59 Å². The minimum absolute atomic E-state index is 0.164. The van der Waals surface area contributed by atoms with E-state index in [0.717, 1.165) is 16.6 Å². The molecule has 0 fully saturated rings. The lowest BCUT2D eigenvalue weighted by Gasteiger charge is -2.11. The Morgan fingerprint density at radius 3 is 2.58 bits per heavy atom. The molecule has 0 aliphatic heterocycles. The first-order chi connectivity index (χ1) is 12.3. The number of hydrogen-bond donors (Lipinski definition) is 2. The fourth-order valence-corrected chi connectivity index (χ4v) is 2.67. The van der Waals surface area contributed by atoms with Crippen molar-refractivity contribution in [3.05, 3.63) is 47.8 Å². The van der Waals surface area contributed by atoms with Gasteiger partial charge in [0.25, 0.3) is 5.91 Å². The zero-order valence-corrected chi connectivity index (χ0v) is 15.2. The minimum atomic E-state index is -0.264. The molecule has 0 spiro atoms. The summed E-state index contributed by atoms with van der Waals surface area (Å²) in [7, 11) is 0. The fourth-order valence-electron chi connectivity index (χ4n) is 2.67. The molecule has 0 bridgehead atoms. The van der Waals surface area contributed by atoms with Gasteiger partial charge in [0.05, 0.1) is 11.8 Å². The second-order valence-electron chi connectivity index (χ2n) is 6.48. The highest BCUT2D eigenvalue weighted by atomic mass is 16.2. The molecule has 2 N–H and O–H groups in total. The molecule has 0 saturated carbocycles. The molecule has 0 aliphatic rings. The quantitative estimate of drug-likeness (QED) is 0.752. The Kier molecular flexibility index (Phi) is 4.71. The molecule has 0 radical (unpaired) electrons. The average molecular weight is 351 g/mol. The van der Waals surface area contributed by atoms with Gasteiger partial charge >= 0.3 is 0 Å². The highest BCUT2D eigenvalue weighted by Crippen LogP contribution is 2.22. The Labute approximate surface area is 151 Å². The SMILES string of the molecule is CC(=O)Nc1ccc(C)c(NC(=O)c2cnc3c(cnn3C(C)C)c2)c1. The first-order valence-electron chi connectivity index (χ1n) is 8.38. The van der Waals surface area contributed by atoms with Crippen molar-refractivity contribution in [3.8, 4) is 0 Å². The molecule has 2 heterocycles. The molecule has 0 aliphatic carbocycles. The van der Waals surface area contributed by atoms with E-state index >= 15 is 0 Å². The van der Waals surface area contributed by atoms with Gasteiger partial charge in [-0.2, -0.15) is 5.10 Å². The molecule has 3 aromatic rings. The predicted octanol–water partition coefficient (Wildman–Crippen LogP) is 3.53. The Morgan fingerprint density at radius 1 is 1.12 bits per heavy atom. The Bertz CT molecular complexity index is 991. The van der Waals surface area contributed by atoms with Crippen LogP contribution < -0.4 is 10.6 Å². The smallest absolute Gasteiger partial charge is 0.257 e. The van der Waals surface area contributed by atoms with Gasteiger partial charge in [-0.1, -0.05) is 6.07 Å². The van der Waals surface area contributed by atoms with Gasteiger partial charge in [-0.05, 0) is 44.5 Å². The summed E-state index contributed by atoms with van der Waals surface area (Å²) < 4.78 is 1.82. The third-order valence-electron chi connectivity index (χ3n) is 3.99. The van der Waals surface area contributed by atoms with E-state index in [1.165, 1.54) is 6.92 Å². The summed E-state index contributed by atoms with van der Waals surface area (Å²) >= 11 is 0. The number of carbonyl (C=O) groups is 2. The second-order valence-corrected chi connectivity index (χ2v) is 6.48. The molecule has 0 saturated heterocycles. The number of carbonyl (C=O) groups excluding carboxylic acids is 2. The van der Waals surface area contributed by atoms with E-state index in [4.69, 9.17) is 0 Å². The number of nitrogens with zero attached hydrogens (tertiary/aromatic N) is 3. The number of nitrogens with one attached hydrogen (secondary N) is 2. The van der Waals surface area contributed by atoms with Crippen molar-refractivity contribution >= 4 is 34.2 Å². The number of fused-ring (bicyclic) bond motifs is 1. The van der Waals surface area contributed by atoms with Crippen LogP contribution in [0.3, 0.4) is 0 Å². The molecular formula is C19H21N5O2. The standard InChI is InChI=1S/C19H21N5O2/c1-11(2)24-18-14(10-21-24)7-15(9-20-18)19(26)23-17-8-16(22-13(4)25)6-5-12(17)3/h5-11H,1-4H3,(H,22,25)(H,23,26). The molecule has 1 aromatic carbocycles. The van der Waals surface area contributed by atoms with Gasteiger partial charge in [0, 0.05) is 35.9 Å². The molecule has 2 amide bonds. The highest BCUT2D eigenvalue weighted by molar-refractivity contribution is 6.06. The molecule has 2 aromatic heterocycles. The highest BCUT2D eigenvalue weighted by Gasteiger charge is 2.13. The number of aryl methyl sites for hydroxylation is 1. The van der Waals surface area contributed by atoms with Crippen LogP contribution in [-0.4, -0.2) is 26.6 Å². The number of hydrogen-bond acceptors (Lipinski definition) is 4. The maximum atomic E-state index is 12.6. The molecule has 7 nitrogen and oxygen atoms in total. The summed E-state index contributed by atoms with van der Waals surface area (Å²) in [5, 5.41) is 10.7. The summed E-state index contributed by atoms with van der Waals surface area (Å²) in [5.41, 5.74) is 3.36. The zero-order chi connectivity index (χ0) is 18.8. The average Bonchev–Trinajstić information content (AvgIpc) is 3.00. The van der Waals surface area contributed by atoms with E-state index in [-0.39, 0.29) is 17.9 Å². The van der Waals surface area contributed by atoms with Crippen LogP contribution in [-0.2, 0) is 4.79 Å². The Morgan fingerprint density at radius 2 is 1.88 bits per heavy atom. The van der Waals surface area contributed by atoms with Crippen LogP contribution in [0.4, 0.5) is 11.4 Å². The van der Waals surface area contributed by atoms with Crippen molar-refractivity contribution < 1.29 is 9.59 Å². The van der Waals surface area contributed by atoms with Gasteiger partial charge in [0.2, 0.25) is 5.91 Å². The first-order valence-corrected chi connectivity index (χ1v) is 8.38. The number of benzene rings is 1. The second kappa shape index (κ2) is 6.95. The topological polar surface area (TPSA) is 88.9 Å². The van der Waals surface area contributed by atoms with E-state index in [1.54, 1.807) is 30.6 Å². The summed E-state index contributed by atoms with van der Waals surface area (Å²) in [6.07, 6.45) is 3.26. The van der Waals surface area contributed by atoms with Crippen LogP contribution in [0, 0.1) is 6.92 Å². The van der Waals surface area contributed by atoms with Crippen molar-refractivity contribution in [2.45, 2.75) is 33.7 Å². The van der Waals surface area contributed by atoms with Crippen molar-refractivity contribution in [3.63, 3.8) is 0 Å². The van der Waals surface area contributed by atoms with Gasteiger partial charge in [0.15, 0.2) is 5.65 Å². The van der Waals surface area contributed by atoms with Crippen molar-refractivity contribution in [2.75, 3.05) is 10.6 Å². The summed E-state index contributed by atoms with van der Waals surface area (Å²) in [6, 6.07) is 7.34. The van der Waals surface area contributed by atoms with Gasteiger partial charge in [-0.15, -0.1) is 0 Å². The number of amides is 2. The van der Waals surface area contributed by atoms with Gasteiger partial charge in [-0.25, -0.2) is 9.67 Å². The number of anilines is 2. The Hall–Kier alpha value is -3.22.